The Balaban J connectivity index is 2.69. The maximum atomic E-state index is 12.5. The maximum Gasteiger partial charge on any atom is 0.155 e. The van der Waals surface area contributed by atoms with E-state index in [2.05, 4.69) is 0 Å². The fourth-order valence-electron chi connectivity index (χ4n) is 0.881. The van der Waals surface area contributed by atoms with Crippen molar-refractivity contribution in [2.24, 2.45) is 0 Å². The van der Waals surface area contributed by atoms with Crippen LogP contribution in [-0.2, 0) is 4.79 Å². The van der Waals surface area contributed by atoms with Crippen molar-refractivity contribution >= 4 is 11.9 Å². The third kappa shape index (κ3) is 3.20. The molecular formula is C11H11FO. The molecule has 0 aromatic heterocycles. The Morgan fingerprint density at radius 3 is 2.54 bits per heavy atom. The van der Waals surface area contributed by atoms with Gasteiger partial charge < -0.3 is 0 Å². The van der Waals surface area contributed by atoms with Crippen LogP contribution in [0.5, 0.6) is 0 Å². The molecule has 0 bridgehead atoms. The second kappa shape index (κ2) is 4.55. The van der Waals surface area contributed by atoms with Crippen molar-refractivity contribution in [3.63, 3.8) is 0 Å². The van der Waals surface area contributed by atoms with Crippen molar-refractivity contribution in [1.82, 2.24) is 0 Å². The molecule has 13 heavy (non-hydrogen) atoms. The van der Waals surface area contributed by atoms with Crippen LogP contribution in [0.3, 0.4) is 0 Å². The first-order valence-electron chi connectivity index (χ1n) is 4.19. The van der Waals surface area contributed by atoms with Gasteiger partial charge in [0.2, 0.25) is 0 Å². The Bertz CT molecular complexity index is 311. The first kappa shape index (κ1) is 9.65. The summed E-state index contributed by atoms with van der Waals surface area (Å²) in [6.45, 7) is 1.80. The molecule has 0 spiro atoms. The van der Waals surface area contributed by atoms with Crippen LogP contribution in [0.25, 0.3) is 6.08 Å². The number of benzene rings is 1. The standard InChI is InChI=1S/C11H11FO/c1-2-11(13)8-5-9-3-6-10(12)7-4-9/h3-8H,2H2,1H3. The van der Waals surface area contributed by atoms with E-state index in [4.69, 9.17) is 0 Å². The van der Waals surface area contributed by atoms with Crippen molar-refractivity contribution in [2.75, 3.05) is 0 Å². The quantitative estimate of drug-likeness (QED) is 0.650. The summed E-state index contributed by atoms with van der Waals surface area (Å²) in [5.74, 6) is -0.191. The third-order valence-electron chi connectivity index (χ3n) is 1.68. The summed E-state index contributed by atoms with van der Waals surface area (Å²) >= 11 is 0. The van der Waals surface area contributed by atoms with E-state index >= 15 is 0 Å². The van der Waals surface area contributed by atoms with Gasteiger partial charge in [-0.3, -0.25) is 4.79 Å². The Hall–Kier alpha value is -1.44. The van der Waals surface area contributed by atoms with Gasteiger partial charge in [0.25, 0.3) is 0 Å². The minimum Gasteiger partial charge on any atom is -0.295 e. The molecule has 0 fully saturated rings. The van der Waals surface area contributed by atoms with Crippen LogP contribution in [0.1, 0.15) is 18.9 Å². The molecule has 68 valence electrons. The molecule has 0 aliphatic rings. The van der Waals surface area contributed by atoms with Gasteiger partial charge in [0, 0.05) is 6.42 Å². The maximum absolute atomic E-state index is 12.5. The summed E-state index contributed by atoms with van der Waals surface area (Å²) < 4.78 is 12.5. The van der Waals surface area contributed by atoms with Gasteiger partial charge in [-0.25, -0.2) is 4.39 Å². The highest BCUT2D eigenvalue weighted by molar-refractivity contribution is 5.93. The van der Waals surface area contributed by atoms with Gasteiger partial charge in [-0.05, 0) is 23.8 Å². The van der Waals surface area contributed by atoms with Crippen LogP contribution in [0.15, 0.2) is 30.3 Å². The second-order valence-corrected chi connectivity index (χ2v) is 2.70. The molecule has 0 saturated heterocycles. The number of carbonyl (C=O) groups excluding carboxylic acids is 1. The zero-order chi connectivity index (χ0) is 9.68. The van der Waals surface area contributed by atoms with Crippen LogP contribution in [-0.4, -0.2) is 5.78 Å². The lowest BCUT2D eigenvalue weighted by atomic mass is 10.2. The molecule has 0 saturated carbocycles. The highest BCUT2D eigenvalue weighted by Crippen LogP contribution is 2.04. The smallest absolute Gasteiger partial charge is 0.155 e. The fraction of sp³-hybridized carbons (Fsp3) is 0.182. The van der Waals surface area contributed by atoms with Crippen molar-refractivity contribution in [3.8, 4) is 0 Å². The second-order valence-electron chi connectivity index (χ2n) is 2.70. The van der Waals surface area contributed by atoms with Gasteiger partial charge in [0.1, 0.15) is 5.82 Å². The monoisotopic (exact) mass is 178 g/mol. The van der Waals surface area contributed by atoms with Crippen LogP contribution in [0.2, 0.25) is 0 Å². The molecule has 1 rings (SSSR count). The van der Waals surface area contributed by atoms with Crippen molar-refractivity contribution in [1.29, 1.82) is 0 Å². The molecule has 0 heterocycles. The molecule has 0 aliphatic heterocycles. The molecule has 2 heteroatoms. The van der Waals surface area contributed by atoms with Crippen LogP contribution < -0.4 is 0 Å². The van der Waals surface area contributed by atoms with Gasteiger partial charge in [-0.2, -0.15) is 0 Å². The average Bonchev–Trinajstić information content (AvgIpc) is 2.16. The first-order valence-corrected chi connectivity index (χ1v) is 4.19. The van der Waals surface area contributed by atoms with E-state index in [1.165, 1.54) is 18.2 Å². The number of hydrogen-bond donors (Lipinski definition) is 0. The van der Waals surface area contributed by atoms with E-state index < -0.39 is 0 Å². The normalized spacial score (nSPS) is 10.6. The summed E-state index contributed by atoms with van der Waals surface area (Å²) in [6.07, 6.45) is 3.69. The minimum absolute atomic E-state index is 0.0734. The molecule has 0 aliphatic carbocycles. The van der Waals surface area contributed by atoms with Crippen LogP contribution in [0.4, 0.5) is 4.39 Å². The van der Waals surface area contributed by atoms with E-state index in [1.807, 2.05) is 0 Å². The number of allylic oxidation sites excluding steroid dienone is 1. The van der Waals surface area contributed by atoms with Crippen LogP contribution in [0, 0.1) is 5.82 Å². The lowest BCUT2D eigenvalue weighted by Gasteiger charge is -1.91. The summed E-state index contributed by atoms with van der Waals surface area (Å²) in [5, 5.41) is 0. The number of rotatable bonds is 3. The van der Waals surface area contributed by atoms with Gasteiger partial charge in [-0.1, -0.05) is 25.1 Å². The molecule has 0 atom stereocenters. The van der Waals surface area contributed by atoms with E-state index in [0.29, 0.717) is 6.42 Å². The molecule has 1 nitrogen and oxygen atoms in total. The summed E-state index contributed by atoms with van der Waals surface area (Å²) in [7, 11) is 0. The van der Waals surface area contributed by atoms with Crippen molar-refractivity contribution in [2.45, 2.75) is 13.3 Å². The van der Waals surface area contributed by atoms with E-state index in [0.717, 1.165) is 5.56 Å². The fourth-order valence-corrected chi connectivity index (χ4v) is 0.881. The topological polar surface area (TPSA) is 17.1 Å². The molecule has 0 unspecified atom stereocenters. The number of ketones is 1. The summed E-state index contributed by atoms with van der Waals surface area (Å²) in [6, 6.07) is 6.01. The molecule has 0 amide bonds. The molecule has 0 N–H and O–H groups in total. The zero-order valence-electron chi connectivity index (χ0n) is 7.46. The van der Waals surface area contributed by atoms with Crippen LogP contribution >= 0.6 is 0 Å². The Labute approximate surface area is 76.9 Å². The van der Waals surface area contributed by atoms with E-state index in [-0.39, 0.29) is 11.6 Å². The summed E-state index contributed by atoms with van der Waals surface area (Å²) in [5.41, 5.74) is 0.836. The lowest BCUT2D eigenvalue weighted by molar-refractivity contribution is -0.114. The highest BCUT2D eigenvalue weighted by Gasteiger charge is 1.91. The Morgan fingerprint density at radius 2 is 2.00 bits per heavy atom. The first-order chi connectivity index (χ1) is 6.22. The minimum atomic E-state index is -0.265. The lowest BCUT2D eigenvalue weighted by Crippen LogP contribution is -1.86. The number of carbonyl (C=O) groups is 1. The van der Waals surface area contributed by atoms with E-state index in [9.17, 15) is 9.18 Å². The van der Waals surface area contributed by atoms with E-state index in [1.54, 1.807) is 25.1 Å². The molecule has 1 aromatic rings. The average molecular weight is 178 g/mol. The van der Waals surface area contributed by atoms with Gasteiger partial charge in [0.15, 0.2) is 5.78 Å². The van der Waals surface area contributed by atoms with Crippen molar-refractivity contribution < 1.29 is 9.18 Å². The van der Waals surface area contributed by atoms with Gasteiger partial charge in [-0.15, -0.1) is 0 Å². The Kier molecular flexibility index (Phi) is 3.38. The predicted molar refractivity (Wildman–Crippen MR) is 50.7 cm³/mol. The van der Waals surface area contributed by atoms with Gasteiger partial charge in [0.05, 0.1) is 0 Å². The summed E-state index contributed by atoms with van der Waals surface area (Å²) in [4.78, 5) is 10.9. The SMILES string of the molecule is CCC(=O)C=Cc1ccc(F)cc1. The Morgan fingerprint density at radius 1 is 1.38 bits per heavy atom. The zero-order valence-corrected chi connectivity index (χ0v) is 7.46. The predicted octanol–water partition coefficient (Wildman–Crippen LogP) is 2.82. The highest BCUT2D eigenvalue weighted by atomic mass is 19.1. The largest absolute Gasteiger partial charge is 0.295 e. The van der Waals surface area contributed by atoms with Crippen molar-refractivity contribution in [3.05, 3.63) is 41.7 Å². The van der Waals surface area contributed by atoms with Gasteiger partial charge >= 0.3 is 0 Å². The third-order valence-corrected chi connectivity index (χ3v) is 1.68. The molecule has 1 aromatic carbocycles. The number of hydrogen-bond acceptors (Lipinski definition) is 1. The molecule has 0 radical (unpaired) electrons. The molecular weight excluding hydrogens is 167 g/mol. The number of halogens is 1.